The van der Waals surface area contributed by atoms with Gasteiger partial charge < -0.3 is 14.8 Å². The number of amides is 1. The lowest BCUT2D eigenvalue weighted by atomic mass is 9.85. The van der Waals surface area contributed by atoms with Gasteiger partial charge in [-0.1, -0.05) is 58.9 Å². The highest BCUT2D eigenvalue weighted by Crippen LogP contribution is 2.35. The zero-order valence-electron chi connectivity index (χ0n) is 18.6. The first kappa shape index (κ1) is 23.2. The summed E-state index contributed by atoms with van der Waals surface area (Å²) in [5.41, 5.74) is 1.74. The number of carbonyl (C=O) groups is 1. The number of methoxy groups -OCH3 is 2. The molecule has 0 aliphatic heterocycles. The standard InChI is InChI=1S/C23H30N2O5/c1-14(2)21(15-8-10-16(11-9-15)23(3,4)5)24-22(26)17-12-19(29-6)20(30-7)13-18(17)25(27)28/h8-14,21H,1-7H3,(H,24,26). The van der Waals surface area contributed by atoms with Crippen LogP contribution in [0.4, 0.5) is 5.69 Å². The number of benzene rings is 2. The Kier molecular flexibility index (Phi) is 7.08. The molecule has 0 aliphatic rings. The monoisotopic (exact) mass is 414 g/mol. The zero-order chi connectivity index (χ0) is 22.6. The van der Waals surface area contributed by atoms with Crippen LogP contribution in [-0.2, 0) is 5.41 Å². The molecule has 30 heavy (non-hydrogen) atoms. The highest BCUT2D eigenvalue weighted by molar-refractivity contribution is 5.99. The van der Waals surface area contributed by atoms with E-state index < -0.39 is 10.8 Å². The molecular weight excluding hydrogens is 384 g/mol. The quantitative estimate of drug-likeness (QED) is 0.506. The van der Waals surface area contributed by atoms with Gasteiger partial charge in [0.25, 0.3) is 11.6 Å². The predicted molar refractivity (Wildman–Crippen MR) is 116 cm³/mol. The van der Waals surface area contributed by atoms with Crippen molar-refractivity contribution >= 4 is 11.6 Å². The molecule has 7 heteroatoms. The van der Waals surface area contributed by atoms with E-state index in [2.05, 4.69) is 38.2 Å². The maximum atomic E-state index is 13.0. The molecule has 0 saturated carbocycles. The van der Waals surface area contributed by atoms with Crippen molar-refractivity contribution in [3.8, 4) is 11.5 Å². The lowest BCUT2D eigenvalue weighted by molar-refractivity contribution is -0.385. The van der Waals surface area contributed by atoms with Crippen molar-refractivity contribution in [1.82, 2.24) is 5.32 Å². The summed E-state index contributed by atoms with van der Waals surface area (Å²) in [4.78, 5) is 24.0. The molecule has 2 aromatic rings. The van der Waals surface area contributed by atoms with Crippen LogP contribution in [0.25, 0.3) is 0 Å². The molecule has 0 fully saturated rings. The first-order valence-electron chi connectivity index (χ1n) is 9.81. The maximum absolute atomic E-state index is 13.0. The van der Waals surface area contributed by atoms with E-state index in [1.165, 1.54) is 31.9 Å². The second-order valence-electron chi connectivity index (χ2n) is 8.55. The number of ether oxygens (including phenoxy) is 2. The molecule has 1 amide bonds. The minimum Gasteiger partial charge on any atom is -0.493 e. The Labute approximate surface area is 177 Å². The summed E-state index contributed by atoms with van der Waals surface area (Å²) in [6, 6.07) is 10.3. The Hall–Kier alpha value is -3.09. The number of rotatable bonds is 7. The van der Waals surface area contributed by atoms with Gasteiger partial charge in [0.2, 0.25) is 0 Å². The molecule has 1 N–H and O–H groups in total. The highest BCUT2D eigenvalue weighted by Gasteiger charge is 2.27. The number of nitro groups is 1. The van der Waals surface area contributed by atoms with Gasteiger partial charge >= 0.3 is 0 Å². The van der Waals surface area contributed by atoms with Gasteiger partial charge in [-0.15, -0.1) is 0 Å². The first-order valence-corrected chi connectivity index (χ1v) is 9.81. The lowest BCUT2D eigenvalue weighted by Gasteiger charge is -2.25. The van der Waals surface area contributed by atoms with Crippen LogP contribution >= 0.6 is 0 Å². The largest absolute Gasteiger partial charge is 0.493 e. The summed E-state index contributed by atoms with van der Waals surface area (Å²) >= 11 is 0. The molecule has 0 aromatic heterocycles. The van der Waals surface area contributed by atoms with Crippen LogP contribution in [-0.4, -0.2) is 25.1 Å². The molecular formula is C23H30N2O5. The molecule has 2 aromatic carbocycles. The SMILES string of the molecule is COc1cc(C(=O)NC(c2ccc(C(C)(C)C)cc2)C(C)C)c([N+](=O)[O-])cc1OC. The Morgan fingerprint density at radius 2 is 1.57 bits per heavy atom. The molecule has 162 valence electrons. The van der Waals surface area contributed by atoms with Gasteiger partial charge in [-0.05, 0) is 22.5 Å². The number of hydrogen-bond acceptors (Lipinski definition) is 5. The minimum atomic E-state index is -0.598. The van der Waals surface area contributed by atoms with E-state index in [9.17, 15) is 14.9 Å². The smallest absolute Gasteiger partial charge is 0.286 e. The molecule has 1 unspecified atom stereocenters. The molecule has 0 bridgehead atoms. The van der Waals surface area contributed by atoms with Gasteiger partial charge in [0.1, 0.15) is 5.56 Å². The maximum Gasteiger partial charge on any atom is 0.286 e. The van der Waals surface area contributed by atoms with Gasteiger partial charge in [0, 0.05) is 6.07 Å². The summed E-state index contributed by atoms with van der Waals surface area (Å²) < 4.78 is 10.3. The Balaban J connectivity index is 2.41. The number of nitrogens with one attached hydrogen (secondary N) is 1. The average Bonchev–Trinajstić information content (AvgIpc) is 2.69. The molecule has 0 saturated heterocycles. The summed E-state index contributed by atoms with van der Waals surface area (Å²) in [7, 11) is 2.80. The van der Waals surface area contributed by atoms with Gasteiger partial charge in [-0.2, -0.15) is 0 Å². The van der Waals surface area contributed by atoms with E-state index in [0.29, 0.717) is 0 Å². The Morgan fingerprint density at radius 3 is 2.00 bits per heavy atom. The van der Waals surface area contributed by atoms with Crippen LogP contribution in [0.2, 0.25) is 0 Å². The van der Waals surface area contributed by atoms with E-state index in [4.69, 9.17) is 9.47 Å². The highest BCUT2D eigenvalue weighted by atomic mass is 16.6. The number of hydrogen-bond donors (Lipinski definition) is 1. The van der Waals surface area contributed by atoms with Gasteiger partial charge in [-0.3, -0.25) is 14.9 Å². The van der Waals surface area contributed by atoms with Crippen molar-refractivity contribution in [2.75, 3.05) is 14.2 Å². The normalized spacial score (nSPS) is 12.4. The van der Waals surface area contributed by atoms with E-state index in [0.717, 1.165) is 5.56 Å². The topological polar surface area (TPSA) is 90.7 Å². The zero-order valence-corrected chi connectivity index (χ0v) is 18.6. The summed E-state index contributed by atoms with van der Waals surface area (Å²) in [6.07, 6.45) is 0. The van der Waals surface area contributed by atoms with E-state index in [1.54, 1.807) is 0 Å². The van der Waals surface area contributed by atoms with Crippen molar-refractivity contribution in [1.29, 1.82) is 0 Å². The number of carbonyl (C=O) groups excluding carboxylic acids is 1. The van der Waals surface area contributed by atoms with Crippen LogP contribution < -0.4 is 14.8 Å². The van der Waals surface area contributed by atoms with Gasteiger partial charge in [-0.25, -0.2) is 0 Å². The van der Waals surface area contributed by atoms with Gasteiger partial charge in [0.15, 0.2) is 11.5 Å². The van der Waals surface area contributed by atoms with E-state index in [1.807, 2.05) is 26.0 Å². The third-order valence-electron chi connectivity index (χ3n) is 5.03. The minimum absolute atomic E-state index is 0.0232. The van der Waals surface area contributed by atoms with Crippen molar-refractivity contribution in [3.05, 3.63) is 63.2 Å². The van der Waals surface area contributed by atoms with Crippen molar-refractivity contribution in [2.24, 2.45) is 5.92 Å². The fourth-order valence-electron chi connectivity index (χ4n) is 3.25. The third-order valence-corrected chi connectivity index (χ3v) is 5.03. The molecule has 0 radical (unpaired) electrons. The molecule has 0 aliphatic carbocycles. The fraction of sp³-hybridized carbons (Fsp3) is 0.435. The molecule has 7 nitrogen and oxygen atoms in total. The average molecular weight is 415 g/mol. The van der Waals surface area contributed by atoms with Crippen LogP contribution in [0.3, 0.4) is 0 Å². The van der Waals surface area contributed by atoms with E-state index >= 15 is 0 Å². The van der Waals surface area contributed by atoms with Crippen molar-refractivity contribution in [3.63, 3.8) is 0 Å². The number of nitro benzene ring substituents is 1. The predicted octanol–water partition coefficient (Wildman–Crippen LogP) is 5.04. The van der Waals surface area contributed by atoms with Gasteiger partial charge in [0.05, 0.1) is 31.3 Å². The fourth-order valence-corrected chi connectivity index (χ4v) is 3.25. The third kappa shape index (κ3) is 5.09. The second kappa shape index (κ2) is 9.15. The summed E-state index contributed by atoms with van der Waals surface area (Å²) in [5.74, 6) is -0.0160. The van der Waals surface area contributed by atoms with E-state index in [-0.39, 0.29) is 40.1 Å². The summed E-state index contributed by atoms with van der Waals surface area (Å²) in [6.45, 7) is 10.4. The van der Waals surface area contributed by atoms with Crippen LogP contribution in [0.1, 0.15) is 62.1 Å². The van der Waals surface area contributed by atoms with Crippen LogP contribution in [0.5, 0.6) is 11.5 Å². The van der Waals surface area contributed by atoms with Crippen molar-refractivity contribution in [2.45, 2.75) is 46.1 Å². The lowest BCUT2D eigenvalue weighted by Crippen LogP contribution is -2.32. The summed E-state index contributed by atoms with van der Waals surface area (Å²) in [5, 5.41) is 14.5. The molecule has 2 rings (SSSR count). The molecule has 0 heterocycles. The van der Waals surface area contributed by atoms with Crippen LogP contribution in [0.15, 0.2) is 36.4 Å². The first-order chi connectivity index (χ1) is 14.0. The van der Waals surface area contributed by atoms with Crippen molar-refractivity contribution < 1.29 is 19.2 Å². The Morgan fingerprint density at radius 1 is 1.03 bits per heavy atom. The van der Waals surface area contributed by atoms with Crippen LogP contribution in [0, 0.1) is 16.0 Å². The second-order valence-corrected chi connectivity index (χ2v) is 8.55. The molecule has 0 spiro atoms. The Bertz CT molecular complexity index is 914. The number of nitrogens with zero attached hydrogens (tertiary/aromatic N) is 1. The molecule has 1 atom stereocenters.